The van der Waals surface area contributed by atoms with E-state index in [0.717, 1.165) is 30.7 Å². The average Bonchev–Trinajstić information content (AvgIpc) is 2.77. The van der Waals surface area contributed by atoms with Crippen LogP contribution in [0, 0.1) is 5.82 Å². The highest BCUT2D eigenvalue weighted by molar-refractivity contribution is 7.80. The average molecular weight is 460 g/mol. The normalized spacial score (nSPS) is 16.9. The van der Waals surface area contributed by atoms with Gasteiger partial charge in [-0.2, -0.15) is 0 Å². The number of benzene rings is 2. The molecule has 0 spiro atoms. The van der Waals surface area contributed by atoms with E-state index < -0.39 is 0 Å². The maximum Gasteiger partial charge on any atom is 0.166 e. The summed E-state index contributed by atoms with van der Waals surface area (Å²) in [5.41, 5.74) is 3.08. The minimum Gasteiger partial charge on any atom is -0.493 e. The van der Waals surface area contributed by atoms with Gasteiger partial charge < -0.3 is 20.1 Å². The molecule has 0 aromatic heterocycles. The first-order valence-corrected chi connectivity index (χ1v) is 11.6. The van der Waals surface area contributed by atoms with Crippen LogP contribution in [0.1, 0.15) is 49.9 Å². The molecule has 0 bridgehead atoms. The van der Waals surface area contributed by atoms with E-state index in [1.807, 2.05) is 12.1 Å². The number of fused-ring (bicyclic) bond motifs is 1. The minimum absolute atomic E-state index is 0.00456. The number of nitrogens with zero attached hydrogens (tertiary/aromatic N) is 1. The molecule has 2 N–H and O–H groups in total. The fraction of sp³-hybridized carbons (Fsp3) is 0.480. The molecule has 1 heterocycles. The summed E-state index contributed by atoms with van der Waals surface area (Å²) in [6.45, 7) is 7.60. The van der Waals surface area contributed by atoms with Crippen LogP contribution >= 0.6 is 12.2 Å². The smallest absolute Gasteiger partial charge is 0.166 e. The molecule has 32 heavy (non-hydrogen) atoms. The molecule has 2 aromatic carbocycles. The Morgan fingerprint density at radius 3 is 2.47 bits per heavy atom. The molecule has 0 radical (unpaired) electrons. The Morgan fingerprint density at radius 2 is 1.84 bits per heavy atom. The summed E-state index contributed by atoms with van der Waals surface area (Å²) in [6, 6.07) is 11.4. The third-order valence-electron chi connectivity index (χ3n) is 5.91. The van der Waals surface area contributed by atoms with Crippen LogP contribution in [0.3, 0.4) is 0 Å². The third-order valence-corrected chi connectivity index (χ3v) is 6.15. The van der Waals surface area contributed by atoms with Crippen LogP contribution in [0.4, 0.5) is 4.39 Å². The first kappa shape index (κ1) is 24.3. The quantitative estimate of drug-likeness (QED) is 0.563. The number of methoxy groups -OCH3 is 2. The summed E-state index contributed by atoms with van der Waals surface area (Å²) in [5.74, 6) is 1.25. The minimum atomic E-state index is -0.178. The van der Waals surface area contributed by atoms with Gasteiger partial charge in [0.05, 0.1) is 20.3 Å². The van der Waals surface area contributed by atoms with E-state index in [-0.39, 0.29) is 23.9 Å². The van der Waals surface area contributed by atoms with E-state index >= 15 is 0 Å². The molecule has 1 aliphatic heterocycles. The SMILES string of the molecule is CC[C@@H](NC(=S)NC(C)C)[C@@H]1c2cc(OC)c(OC)cc2CCN1Cc1ccccc1F. The zero-order valence-corrected chi connectivity index (χ0v) is 20.4. The van der Waals surface area contributed by atoms with Gasteiger partial charge in [0.1, 0.15) is 5.82 Å². The number of rotatable bonds is 8. The summed E-state index contributed by atoms with van der Waals surface area (Å²) < 4.78 is 25.7. The van der Waals surface area contributed by atoms with Crippen LogP contribution < -0.4 is 20.1 Å². The van der Waals surface area contributed by atoms with Crippen LogP contribution in [0.5, 0.6) is 11.5 Å². The van der Waals surface area contributed by atoms with Gasteiger partial charge >= 0.3 is 0 Å². The van der Waals surface area contributed by atoms with Gasteiger partial charge in [0.2, 0.25) is 0 Å². The standard InChI is InChI=1S/C25H34FN3O2S/c1-6-21(28-25(32)27-16(2)3)24-19-14-23(31-5)22(30-4)13-17(19)11-12-29(24)15-18-9-7-8-10-20(18)26/h7-10,13-14,16,21,24H,6,11-12,15H2,1-5H3,(H2,27,28,32)/t21-,24+/m1/s1. The highest BCUT2D eigenvalue weighted by Gasteiger charge is 2.35. The topological polar surface area (TPSA) is 45.8 Å². The first-order valence-electron chi connectivity index (χ1n) is 11.2. The van der Waals surface area contributed by atoms with Crippen LogP contribution in [0.25, 0.3) is 0 Å². The Bertz CT molecular complexity index is 937. The van der Waals surface area contributed by atoms with Crippen molar-refractivity contribution in [2.45, 2.75) is 58.3 Å². The molecular weight excluding hydrogens is 425 g/mol. The predicted molar refractivity (Wildman–Crippen MR) is 131 cm³/mol. The van der Waals surface area contributed by atoms with Crippen molar-refractivity contribution in [3.8, 4) is 11.5 Å². The Labute approximate surface area is 196 Å². The molecule has 3 rings (SSSR count). The lowest BCUT2D eigenvalue weighted by atomic mass is 9.86. The summed E-state index contributed by atoms with van der Waals surface area (Å²) in [6.07, 6.45) is 1.71. The summed E-state index contributed by atoms with van der Waals surface area (Å²) >= 11 is 5.57. The maximum atomic E-state index is 14.5. The molecule has 0 saturated heterocycles. The Balaban J connectivity index is 2.02. The Kier molecular flexibility index (Phi) is 8.32. The largest absolute Gasteiger partial charge is 0.493 e. The van der Waals surface area contributed by atoms with Gasteiger partial charge in [-0.15, -0.1) is 0 Å². The van der Waals surface area contributed by atoms with Crippen molar-refractivity contribution < 1.29 is 13.9 Å². The van der Waals surface area contributed by atoms with Crippen molar-refractivity contribution in [1.29, 1.82) is 0 Å². The van der Waals surface area contributed by atoms with E-state index in [0.29, 0.717) is 23.0 Å². The van der Waals surface area contributed by atoms with Gasteiger partial charge in [0.25, 0.3) is 0 Å². The van der Waals surface area contributed by atoms with Crippen molar-refractivity contribution in [2.75, 3.05) is 20.8 Å². The lowest BCUT2D eigenvalue weighted by Gasteiger charge is -2.42. The summed E-state index contributed by atoms with van der Waals surface area (Å²) in [4.78, 5) is 2.34. The lowest BCUT2D eigenvalue weighted by molar-refractivity contribution is 0.140. The summed E-state index contributed by atoms with van der Waals surface area (Å²) in [7, 11) is 3.30. The van der Waals surface area contributed by atoms with Crippen LogP contribution in [-0.4, -0.2) is 42.9 Å². The summed E-state index contributed by atoms with van der Waals surface area (Å²) in [5, 5.41) is 7.43. The molecule has 0 saturated carbocycles. The number of ether oxygens (including phenoxy) is 2. The number of hydrogen-bond donors (Lipinski definition) is 2. The van der Waals surface area contributed by atoms with E-state index in [2.05, 4.69) is 48.4 Å². The van der Waals surface area contributed by atoms with E-state index in [9.17, 15) is 4.39 Å². The van der Waals surface area contributed by atoms with E-state index in [1.165, 1.54) is 11.6 Å². The van der Waals surface area contributed by atoms with Crippen molar-refractivity contribution in [1.82, 2.24) is 15.5 Å². The zero-order chi connectivity index (χ0) is 23.3. The second-order valence-electron chi connectivity index (χ2n) is 8.45. The second kappa shape index (κ2) is 11.0. The first-order chi connectivity index (χ1) is 15.4. The molecule has 2 aromatic rings. The highest BCUT2D eigenvalue weighted by atomic mass is 32.1. The zero-order valence-electron chi connectivity index (χ0n) is 19.6. The predicted octanol–water partition coefficient (Wildman–Crippen LogP) is 4.59. The van der Waals surface area contributed by atoms with Gasteiger partial charge in [0.15, 0.2) is 16.6 Å². The fourth-order valence-electron chi connectivity index (χ4n) is 4.40. The fourth-order valence-corrected chi connectivity index (χ4v) is 4.79. The molecule has 0 aliphatic carbocycles. The molecule has 0 amide bonds. The number of thiocarbonyl (C=S) groups is 1. The van der Waals surface area contributed by atoms with Gasteiger partial charge in [-0.25, -0.2) is 4.39 Å². The molecule has 5 nitrogen and oxygen atoms in total. The molecule has 1 aliphatic rings. The number of halogens is 1. The molecule has 0 fully saturated rings. The number of hydrogen-bond acceptors (Lipinski definition) is 4. The van der Waals surface area contributed by atoms with Gasteiger partial charge in [-0.05, 0) is 68.2 Å². The second-order valence-corrected chi connectivity index (χ2v) is 8.86. The van der Waals surface area contributed by atoms with Gasteiger partial charge in [0, 0.05) is 30.7 Å². The van der Waals surface area contributed by atoms with Gasteiger partial charge in [-0.1, -0.05) is 25.1 Å². The molecular formula is C25H34FN3O2S. The van der Waals surface area contributed by atoms with Gasteiger partial charge in [-0.3, -0.25) is 4.90 Å². The molecule has 0 unspecified atom stereocenters. The van der Waals surface area contributed by atoms with E-state index in [4.69, 9.17) is 21.7 Å². The monoisotopic (exact) mass is 459 g/mol. The van der Waals surface area contributed by atoms with Crippen molar-refractivity contribution >= 4 is 17.3 Å². The van der Waals surface area contributed by atoms with Crippen molar-refractivity contribution in [3.63, 3.8) is 0 Å². The van der Waals surface area contributed by atoms with Crippen LogP contribution in [-0.2, 0) is 13.0 Å². The molecule has 2 atom stereocenters. The molecule has 7 heteroatoms. The van der Waals surface area contributed by atoms with Crippen LogP contribution in [0.2, 0.25) is 0 Å². The van der Waals surface area contributed by atoms with Crippen molar-refractivity contribution in [2.24, 2.45) is 0 Å². The van der Waals surface area contributed by atoms with Crippen molar-refractivity contribution in [3.05, 3.63) is 58.9 Å². The van der Waals surface area contributed by atoms with Crippen LogP contribution in [0.15, 0.2) is 36.4 Å². The Hall–Kier alpha value is -2.38. The highest BCUT2D eigenvalue weighted by Crippen LogP contribution is 2.40. The van der Waals surface area contributed by atoms with E-state index in [1.54, 1.807) is 20.3 Å². The number of nitrogens with one attached hydrogen (secondary N) is 2. The lowest BCUT2D eigenvalue weighted by Crippen LogP contribution is -2.51. The molecule has 174 valence electrons. The maximum absolute atomic E-state index is 14.5. The third kappa shape index (κ3) is 5.51. The Morgan fingerprint density at radius 1 is 1.16 bits per heavy atom.